The van der Waals surface area contributed by atoms with Crippen LogP contribution in [0.4, 0.5) is 22.0 Å². The van der Waals surface area contributed by atoms with E-state index in [1.54, 1.807) is 12.1 Å². The minimum Gasteiger partial charge on any atom is -0.496 e. The summed E-state index contributed by atoms with van der Waals surface area (Å²) in [5.74, 6) is -4.65. The summed E-state index contributed by atoms with van der Waals surface area (Å²) in [7, 11) is 1.38. The van der Waals surface area contributed by atoms with Crippen LogP contribution in [0.2, 0.25) is 0 Å². The van der Waals surface area contributed by atoms with Crippen LogP contribution >= 0.6 is 12.4 Å². The highest BCUT2D eigenvalue weighted by molar-refractivity contribution is 5.91. The molecule has 0 radical (unpaired) electrons. The van der Waals surface area contributed by atoms with Crippen molar-refractivity contribution in [2.45, 2.75) is 18.1 Å². The normalized spacial score (nSPS) is 13.6. The van der Waals surface area contributed by atoms with Gasteiger partial charge in [0.25, 0.3) is 0 Å². The first-order chi connectivity index (χ1) is 9.70. The molecule has 22 heavy (non-hydrogen) atoms. The average molecular weight is 342 g/mol. The van der Waals surface area contributed by atoms with E-state index in [9.17, 15) is 22.0 Å². The fourth-order valence-corrected chi connectivity index (χ4v) is 2.12. The number of benzene rings is 2. The Hall–Kier alpha value is -1.60. The molecular formula is C14H13ClF5NO. The SMILES string of the molecule is COc1ccc([C@H](N)C(F)(F)C(F)(F)F)c2ccccc12.Cl. The fourth-order valence-electron chi connectivity index (χ4n) is 2.12. The van der Waals surface area contributed by atoms with Gasteiger partial charge in [0.15, 0.2) is 0 Å². The topological polar surface area (TPSA) is 35.2 Å². The highest BCUT2D eigenvalue weighted by atomic mass is 35.5. The molecule has 122 valence electrons. The zero-order valence-corrected chi connectivity index (χ0v) is 12.1. The summed E-state index contributed by atoms with van der Waals surface area (Å²) < 4.78 is 69.3. The number of halogens is 6. The number of nitrogens with two attached hydrogens (primary N) is 1. The summed E-state index contributed by atoms with van der Waals surface area (Å²) in [6.07, 6.45) is -5.71. The monoisotopic (exact) mass is 341 g/mol. The Morgan fingerprint density at radius 2 is 1.50 bits per heavy atom. The van der Waals surface area contributed by atoms with Crippen LogP contribution in [0, 0.1) is 0 Å². The third kappa shape index (κ3) is 2.96. The fraction of sp³-hybridized carbons (Fsp3) is 0.286. The van der Waals surface area contributed by atoms with Crippen LogP contribution in [0.15, 0.2) is 36.4 Å². The quantitative estimate of drug-likeness (QED) is 0.836. The molecule has 0 aromatic heterocycles. The van der Waals surface area contributed by atoms with Gasteiger partial charge in [-0.1, -0.05) is 30.3 Å². The van der Waals surface area contributed by atoms with Crippen molar-refractivity contribution in [3.05, 3.63) is 42.0 Å². The van der Waals surface area contributed by atoms with Crippen molar-refractivity contribution in [3.8, 4) is 5.75 Å². The molecule has 1 atom stereocenters. The molecule has 0 amide bonds. The van der Waals surface area contributed by atoms with Crippen LogP contribution in [0.3, 0.4) is 0 Å². The molecule has 2 N–H and O–H groups in total. The van der Waals surface area contributed by atoms with Crippen molar-refractivity contribution in [1.29, 1.82) is 0 Å². The van der Waals surface area contributed by atoms with Gasteiger partial charge in [0.2, 0.25) is 0 Å². The lowest BCUT2D eigenvalue weighted by Gasteiger charge is -2.27. The molecule has 0 fully saturated rings. The number of fused-ring (bicyclic) bond motifs is 1. The van der Waals surface area contributed by atoms with Crippen LogP contribution in [0.25, 0.3) is 10.8 Å². The Morgan fingerprint density at radius 3 is 2.00 bits per heavy atom. The summed E-state index contributed by atoms with van der Waals surface area (Å²) in [5, 5.41) is 0.624. The maximum absolute atomic E-state index is 13.4. The Balaban J connectivity index is 0.00000242. The molecule has 8 heteroatoms. The Kier molecular flexibility index (Phi) is 5.25. The molecule has 0 aliphatic carbocycles. The molecule has 0 heterocycles. The van der Waals surface area contributed by atoms with Crippen molar-refractivity contribution in [2.24, 2.45) is 5.73 Å². The minimum atomic E-state index is -5.71. The lowest BCUT2D eigenvalue weighted by atomic mass is 9.94. The van der Waals surface area contributed by atoms with Crippen LogP contribution < -0.4 is 10.5 Å². The van der Waals surface area contributed by atoms with Gasteiger partial charge in [-0.3, -0.25) is 0 Å². The second-order valence-electron chi connectivity index (χ2n) is 4.50. The molecule has 2 aromatic carbocycles. The van der Waals surface area contributed by atoms with Gasteiger partial charge in [-0.05, 0) is 17.0 Å². The molecule has 0 aliphatic heterocycles. The number of hydrogen-bond acceptors (Lipinski definition) is 2. The third-order valence-electron chi connectivity index (χ3n) is 3.24. The van der Waals surface area contributed by atoms with Crippen LogP contribution in [-0.4, -0.2) is 19.2 Å². The maximum Gasteiger partial charge on any atom is 0.455 e. The first-order valence-electron chi connectivity index (χ1n) is 5.96. The van der Waals surface area contributed by atoms with Gasteiger partial charge in [-0.2, -0.15) is 22.0 Å². The predicted octanol–water partition coefficient (Wildman–Crippen LogP) is 4.47. The molecule has 0 aliphatic rings. The highest BCUT2D eigenvalue weighted by Gasteiger charge is 2.61. The highest BCUT2D eigenvalue weighted by Crippen LogP contribution is 2.45. The van der Waals surface area contributed by atoms with Gasteiger partial charge in [-0.25, -0.2) is 0 Å². The number of hydrogen-bond donors (Lipinski definition) is 1. The number of ether oxygens (including phenoxy) is 1. The minimum absolute atomic E-state index is 0. The van der Waals surface area contributed by atoms with Gasteiger partial charge in [0.1, 0.15) is 11.8 Å². The van der Waals surface area contributed by atoms with E-state index >= 15 is 0 Å². The summed E-state index contributed by atoms with van der Waals surface area (Å²) in [6.45, 7) is 0. The molecule has 2 nitrogen and oxygen atoms in total. The summed E-state index contributed by atoms with van der Waals surface area (Å²) >= 11 is 0. The number of methoxy groups -OCH3 is 1. The first-order valence-corrected chi connectivity index (χ1v) is 5.96. The van der Waals surface area contributed by atoms with E-state index in [-0.39, 0.29) is 23.4 Å². The van der Waals surface area contributed by atoms with Gasteiger partial charge in [-0.15, -0.1) is 12.4 Å². The lowest BCUT2D eigenvalue weighted by Crippen LogP contribution is -2.45. The molecule has 0 bridgehead atoms. The molecular weight excluding hydrogens is 329 g/mol. The second-order valence-corrected chi connectivity index (χ2v) is 4.50. The Labute approximate surface area is 129 Å². The summed E-state index contributed by atoms with van der Waals surface area (Å²) in [5.41, 5.74) is 4.92. The zero-order chi connectivity index (χ0) is 15.8. The lowest BCUT2D eigenvalue weighted by molar-refractivity contribution is -0.290. The molecule has 2 rings (SSSR count). The van der Waals surface area contributed by atoms with E-state index in [1.807, 2.05) is 0 Å². The van der Waals surface area contributed by atoms with E-state index in [0.29, 0.717) is 11.1 Å². The van der Waals surface area contributed by atoms with Gasteiger partial charge in [0.05, 0.1) is 7.11 Å². The molecule has 0 spiro atoms. The molecule has 0 saturated carbocycles. The molecule has 0 saturated heterocycles. The van der Waals surface area contributed by atoms with E-state index in [0.717, 1.165) is 6.07 Å². The number of rotatable bonds is 3. The van der Waals surface area contributed by atoms with Crippen LogP contribution in [0.5, 0.6) is 5.75 Å². The van der Waals surface area contributed by atoms with Crippen molar-refractivity contribution < 1.29 is 26.7 Å². The van der Waals surface area contributed by atoms with E-state index < -0.39 is 18.1 Å². The van der Waals surface area contributed by atoms with Crippen molar-refractivity contribution in [3.63, 3.8) is 0 Å². The number of alkyl halides is 5. The van der Waals surface area contributed by atoms with E-state index in [2.05, 4.69) is 0 Å². The van der Waals surface area contributed by atoms with Crippen molar-refractivity contribution in [1.82, 2.24) is 0 Å². The zero-order valence-electron chi connectivity index (χ0n) is 11.3. The van der Waals surface area contributed by atoms with Gasteiger partial charge in [0, 0.05) is 5.39 Å². The van der Waals surface area contributed by atoms with Gasteiger partial charge >= 0.3 is 12.1 Å². The summed E-state index contributed by atoms with van der Waals surface area (Å²) in [6, 6.07) is 6.12. The van der Waals surface area contributed by atoms with Crippen LogP contribution in [-0.2, 0) is 0 Å². The molecule has 2 aromatic rings. The van der Waals surface area contributed by atoms with E-state index in [1.165, 1.54) is 25.3 Å². The van der Waals surface area contributed by atoms with Crippen molar-refractivity contribution in [2.75, 3.05) is 7.11 Å². The van der Waals surface area contributed by atoms with E-state index in [4.69, 9.17) is 10.5 Å². The third-order valence-corrected chi connectivity index (χ3v) is 3.24. The van der Waals surface area contributed by atoms with Crippen LogP contribution in [0.1, 0.15) is 11.6 Å². The summed E-state index contributed by atoms with van der Waals surface area (Å²) in [4.78, 5) is 0. The standard InChI is InChI=1S/C14H12F5NO.ClH/c1-21-11-7-6-10(8-4-2-3-5-9(8)11)12(20)13(15,16)14(17,18)19;/h2-7,12H,20H2,1H3;1H/t12-;/m0./s1. The Bertz CT molecular complexity index is 659. The second kappa shape index (κ2) is 6.26. The largest absolute Gasteiger partial charge is 0.496 e. The Morgan fingerprint density at radius 1 is 0.955 bits per heavy atom. The molecule has 0 unspecified atom stereocenters. The maximum atomic E-state index is 13.4. The van der Waals surface area contributed by atoms with Gasteiger partial charge < -0.3 is 10.5 Å². The predicted molar refractivity (Wildman–Crippen MR) is 75.7 cm³/mol. The van der Waals surface area contributed by atoms with Crippen molar-refractivity contribution >= 4 is 23.2 Å². The smallest absolute Gasteiger partial charge is 0.455 e. The first kappa shape index (κ1) is 18.4. The average Bonchev–Trinajstić information content (AvgIpc) is 2.44.